The summed E-state index contributed by atoms with van der Waals surface area (Å²) >= 11 is 0. The van der Waals surface area contributed by atoms with E-state index in [-0.39, 0.29) is 30.5 Å². The molecule has 0 aliphatic heterocycles. The standard InChI is InChI=1S/C8H10N4O2/c1-5-11-7(10)6(4-9)8(12-5)14-3-2-13/h13H,2-3H2,1H3,(H2,10,11,12). The summed E-state index contributed by atoms with van der Waals surface area (Å²) in [6, 6.07) is 1.84. The predicted octanol–water partition coefficient (Wildman–Crippen LogP) is -0.390. The lowest BCUT2D eigenvalue weighted by molar-refractivity contribution is 0.196. The minimum Gasteiger partial charge on any atom is -0.474 e. The van der Waals surface area contributed by atoms with Crippen LogP contribution in [0.15, 0.2) is 0 Å². The highest BCUT2D eigenvalue weighted by atomic mass is 16.5. The minimum absolute atomic E-state index is 0.0740. The quantitative estimate of drug-likeness (QED) is 0.678. The van der Waals surface area contributed by atoms with Crippen molar-refractivity contribution in [2.75, 3.05) is 18.9 Å². The molecule has 0 saturated carbocycles. The third-order valence-corrected chi connectivity index (χ3v) is 1.46. The predicted molar refractivity (Wildman–Crippen MR) is 48.5 cm³/mol. The Labute approximate surface area is 81.0 Å². The molecule has 6 nitrogen and oxygen atoms in total. The van der Waals surface area contributed by atoms with Gasteiger partial charge in [-0.1, -0.05) is 0 Å². The van der Waals surface area contributed by atoms with Crippen LogP contribution < -0.4 is 10.5 Å². The highest BCUT2D eigenvalue weighted by Gasteiger charge is 2.11. The van der Waals surface area contributed by atoms with E-state index in [9.17, 15) is 0 Å². The summed E-state index contributed by atoms with van der Waals surface area (Å²) < 4.78 is 5.04. The number of aromatic nitrogens is 2. The maximum absolute atomic E-state index is 8.74. The summed E-state index contributed by atoms with van der Waals surface area (Å²) in [5, 5.41) is 17.3. The van der Waals surface area contributed by atoms with Gasteiger partial charge in [-0.25, -0.2) is 4.98 Å². The number of hydrogen-bond acceptors (Lipinski definition) is 6. The molecule has 14 heavy (non-hydrogen) atoms. The number of aryl methyl sites for hydroxylation is 1. The number of nitrogens with two attached hydrogens (primary N) is 1. The molecular weight excluding hydrogens is 184 g/mol. The number of anilines is 1. The average molecular weight is 194 g/mol. The Morgan fingerprint density at radius 2 is 2.29 bits per heavy atom. The molecule has 1 heterocycles. The molecule has 0 saturated heterocycles. The number of nitriles is 1. The molecule has 0 bridgehead atoms. The molecule has 0 fully saturated rings. The molecule has 6 heteroatoms. The fourth-order valence-corrected chi connectivity index (χ4v) is 0.919. The monoisotopic (exact) mass is 194 g/mol. The molecule has 3 N–H and O–H groups in total. The Balaban J connectivity index is 3.07. The van der Waals surface area contributed by atoms with E-state index < -0.39 is 0 Å². The van der Waals surface area contributed by atoms with Gasteiger partial charge in [-0.2, -0.15) is 10.2 Å². The van der Waals surface area contributed by atoms with E-state index in [4.69, 9.17) is 20.8 Å². The van der Waals surface area contributed by atoms with Crippen molar-refractivity contribution in [3.8, 4) is 11.9 Å². The second-order valence-electron chi connectivity index (χ2n) is 2.52. The molecule has 0 aliphatic carbocycles. The maximum Gasteiger partial charge on any atom is 0.237 e. The molecule has 1 aromatic heterocycles. The van der Waals surface area contributed by atoms with E-state index >= 15 is 0 Å². The molecule has 0 aromatic carbocycles. The number of nitrogens with zero attached hydrogens (tertiary/aromatic N) is 3. The van der Waals surface area contributed by atoms with Crippen LogP contribution in [0, 0.1) is 18.3 Å². The maximum atomic E-state index is 8.74. The molecule has 1 aromatic rings. The summed E-state index contributed by atoms with van der Waals surface area (Å²) in [5.74, 6) is 0.633. The van der Waals surface area contributed by atoms with Crippen molar-refractivity contribution in [2.24, 2.45) is 0 Å². The second kappa shape index (κ2) is 4.39. The van der Waals surface area contributed by atoms with Crippen LogP contribution in [0.25, 0.3) is 0 Å². The van der Waals surface area contributed by atoms with Crippen LogP contribution in [0.5, 0.6) is 5.88 Å². The fourth-order valence-electron chi connectivity index (χ4n) is 0.919. The number of nitrogen functional groups attached to an aromatic ring is 1. The first-order valence-corrected chi connectivity index (χ1v) is 3.97. The van der Waals surface area contributed by atoms with Gasteiger partial charge in [-0.3, -0.25) is 0 Å². The van der Waals surface area contributed by atoms with E-state index in [2.05, 4.69) is 9.97 Å². The lowest BCUT2D eigenvalue weighted by Gasteiger charge is -2.06. The largest absolute Gasteiger partial charge is 0.474 e. The lowest BCUT2D eigenvalue weighted by Crippen LogP contribution is -2.08. The Morgan fingerprint density at radius 3 is 2.86 bits per heavy atom. The highest BCUT2D eigenvalue weighted by molar-refractivity contribution is 5.53. The summed E-state index contributed by atoms with van der Waals surface area (Å²) in [6.07, 6.45) is 0. The van der Waals surface area contributed by atoms with Crippen LogP contribution in [-0.4, -0.2) is 28.3 Å². The van der Waals surface area contributed by atoms with Gasteiger partial charge < -0.3 is 15.6 Å². The topological polar surface area (TPSA) is 105 Å². The molecule has 0 radical (unpaired) electrons. The fraction of sp³-hybridized carbons (Fsp3) is 0.375. The zero-order valence-corrected chi connectivity index (χ0v) is 7.69. The first-order chi connectivity index (χ1) is 6.69. The third-order valence-electron chi connectivity index (χ3n) is 1.46. The molecule has 74 valence electrons. The van der Waals surface area contributed by atoms with Gasteiger partial charge in [-0.15, -0.1) is 0 Å². The van der Waals surface area contributed by atoms with Crippen molar-refractivity contribution in [1.82, 2.24) is 9.97 Å². The summed E-state index contributed by atoms with van der Waals surface area (Å²) in [6.45, 7) is 1.57. The second-order valence-corrected chi connectivity index (χ2v) is 2.52. The number of rotatable bonds is 3. The molecule has 0 unspecified atom stereocenters. The van der Waals surface area contributed by atoms with E-state index in [1.165, 1.54) is 0 Å². The van der Waals surface area contributed by atoms with Crippen LogP contribution in [-0.2, 0) is 0 Å². The van der Waals surface area contributed by atoms with Crippen LogP contribution in [0.2, 0.25) is 0 Å². The average Bonchev–Trinajstić information content (AvgIpc) is 2.14. The Kier molecular flexibility index (Phi) is 3.20. The van der Waals surface area contributed by atoms with Gasteiger partial charge in [-0.05, 0) is 6.92 Å². The van der Waals surface area contributed by atoms with E-state index in [1.807, 2.05) is 6.07 Å². The van der Waals surface area contributed by atoms with Gasteiger partial charge in [0, 0.05) is 0 Å². The Hall–Kier alpha value is -1.87. The smallest absolute Gasteiger partial charge is 0.237 e. The zero-order chi connectivity index (χ0) is 10.6. The number of aliphatic hydroxyl groups excluding tert-OH is 1. The molecule has 0 spiro atoms. The van der Waals surface area contributed by atoms with Crippen LogP contribution >= 0.6 is 0 Å². The van der Waals surface area contributed by atoms with E-state index in [0.29, 0.717) is 5.82 Å². The van der Waals surface area contributed by atoms with Crippen molar-refractivity contribution in [3.05, 3.63) is 11.4 Å². The van der Waals surface area contributed by atoms with E-state index in [1.54, 1.807) is 6.92 Å². The summed E-state index contributed by atoms with van der Waals surface area (Å²) in [5.41, 5.74) is 5.59. The zero-order valence-electron chi connectivity index (χ0n) is 7.69. The summed E-state index contributed by atoms with van der Waals surface area (Å²) in [7, 11) is 0. The molecule has 0 aliphatic rings. The molecule has 0 atom stereocenters. The number of aliphatic hydroxyl groups is 1. The van der Waals surface area contributed by atoms with Crippen molar-refractivity contribution in [2.45, 2.75) is 6.92 Å². The van der Waals surface area contributed by atoms with Crippen molar-refractivity contribution in [3.63, 3.8) is 0 Å². The lowest BCUT2D eigenvalue weighted by atomic mass is 10.3. The van der Waals surface area contributed by atoms with Crippen molar-refractivity contribution in [1.29, 1.82) is 5.26 Å². The van der Waals surface area contributed by atoms with E-state index in [0.717, 1.165) is 0 Å². The van der Waals surface area contributed by atoms with Crippen LogP contribution in [0.1, 0.15) is 11.4 Å². The van der Waals surface area contributed by atoms with Gasteiger partial charge in [0.15, 0.2) is 5.56 Å². The van der Waals surface area contributed by atoms with Gasteiger partial charge in [0.1, 0.15) is 24.3 Å². The van der Waals surface area contributed by atoms with Gasteiger partial charge in [0.2, 0.25) is 5.88 Å². The third kappa shape index (κ3) is 2.08. The van der Waals surface area contributed by atoms with Crippen LogP contribution in [0.4, 0.5) is 5.82 Å². The van der Waals surface area contributed by atoms with Crippen molar-refractivity contribution >= 4 is 5.82 Å². The minimum atomic E-state index is -0.145. The Morgan fingerprint density at radius 1 is 1.57 bits per heavy atom. The van der Waals surface area contributed by atoms with Crippen LogP contribution in [0.3, 0.4) is 0 Å². The Bertz CT molecular complexity index is 372. The highest BCUT2D eigenvalue weighted by Crippen LogP contribution is 2.19. The molecule has 0 amide bonds. The molecular formula is C8H10N4O2. The number of ether oxygens (including phenoxy) is 1. The first kappa shape index (κ1) is 10.2. The summed E-state index contributed by atoms with van der Waals surface area (Å²) in [4.78, 5) is 7.71. The van der Waals surface area contributed by atoms with Gasteiger partial charge >= 0.3 is 0 Å². The van der Waals surface area contributed by atoms with Crippen molar-refractivity contribution < 1.29 is 9.84 Å². The number of hydrogen-bond donors (Lipinski definition) is 2. The normalized spacial score (nSPS) is 9.50. The van der Waals surface area contributed by atoms with Gasteiger partial charge in [0.05, 0.1) is 6.61 Å². The van der Waals surface area contributed by atoms with Gasteiger partial charge in [0.25, 0.3) is 0 Å². The molecule has 1 rings (SSSR count). The SMILES string of the molecule is Cc1nc(N)c(C#N)c(OCCO)n1. The first-order valence-electron chi connectivity index (χ1n) is 3.97.